The molecule has 2 rings (SSSR count). The third-order valence-corrected chi connectivity index (χ3v) is 1.79. The van der Waals surface area contributed by atoms with Crippen LogP contribution in [0.3, 0.4) is 0 Å². The smallest absolute Gasteiger partial charge is 0.141 e. The van der Waals surface area contributed by atoms with Gasteiger partial charge in [0.05, 0.1) is 6.67 Å². The van der Waals surface area contributed by atoms with Gasteiger partial charge in [0, 0.05) is 24.9 Å². The second kappa shape index (κ2) is 2.09. The minimum Gasteiger partial charge on any atom is -0.335 e. The number of aromatic nitrogens is 1. The van der Waals surface area contributed by atoms with E-state index in [1.165, 1.54) is 6.20 Å². The van der Waals surface area contributed by atoms with Crippen LogP contribution in [0.4, 0.5) is 4.39 Å². The first-order valence-electron chi connectivity index (χ1n) is 3.41. The molecule has 0 aromatic carbocycles. The van der Waals surface area contributed by atoms with Crippen LogP contribution in [0.25, 0.3) is 0 Å². The Bertz CT molecular complexity index is 218. The Morgan fingerprint density at radius 1 is 1.60 bits per heavy atom. The number of nitrogens with zero attached hydrogens (tertiary/aromatic N) is 1. The Morgan fingerprint density at radius 3 is 3.30 bits per heavy atom. The van der Waals surface area contributed by atoms with E-state index in [9.17, 15) is 4.39 Å². The SMILES string of the molecule is Fc1cc2n(c1)CNCC2. The molecule has 0 atom stereocenters. The van der Waals surface area contributed by atoms with Crippen molar-refractivity contribution in [2.24, 2.45) is 0 Å². The average Bonchev–Trinajstić information content (AvgIpc) is 2.27. The van der Waals surface area contributed by atoms with Gasteiger partial charge in [-0.3, -0.25) is 5.32 Å². The van der Waals surface area contributed by atoms with Gasteiger partial charge in [-0.05, 0) is 6.07 Å². The molecule has 0 radical (unpaired) electrons. The topological polar surface area (TPSA) is 17.0 Å². The molecule has 0 saturated heterocycles. The standard InChI is InChI=1S/C7H9FN2/c8-6-3-7-1-2-9-5-10(7)4-6/h3-4,9H,1-2,5H2. The maximum absolute atomic E-state index is 12.5. The Labute approximate surface area is 58.7 Å². The second-order valence-electron chi connectivity index (χ2n) is 2.53. The molecule has 1 aromatic heterocycles. The molecule has 3 heteroatoms. The highest BCUT2D eigenvalue weighted by atomic mass is 19.1. The van der Waals surface area contributed by atoms with E-state index in [-0.39, 0.29) is 5.82 Å². The van der Waals surface area contributed by atoms with Gasteiger partial charge in [-0.15, -0.1) is 0 Å². The molecule has 0 amide bonds. The number of halogens is 1. The summed E-state index contributed by atoms with van der Waals surface area (Å²) in [5.41, 5.74) is 1.09. The molecule has 1 aliphatic heterocycles. The summed E-state index contributed by atoms with van der Waals surface area (Å²) in [6, 6.07) is 1.60. The molecule has 2 heterocycles. The average molecular weight is 140 g/mol. The van der Waals surface area contributed by atoms with Crippen LogP contribution >= 0.6 is 0 Å². The minimum atomic E-state index is -0.126. The molecule has 0 fully saturated rings. The van der Waals surface area contributed by atoms with Crippen LogP contribution in [-0.4, -0.2) is 11.1 Å². The van der Waals surface area contributed by atoms with Gasteiger partial charge in [0.15, 0.2) is 0 Å². The highest BCUT2D eigenvalue weighted by Crippen LogP contribution is 2.09. The van der Waals surface area contributed by atoms with Crippen molar-refractivity contribution in [3.63, 3.8) is 0 Å². The van der Waals surface area contributed by atoms with E-state index in [1.54, 1.807) is 6.07 Å². The van der Waals surface area contributed by atoms with Gasteiger partial charge < -0.3 is 4.57 Å². The van der Waals surface area contributed by atoms with E-state index in [4.69, 9.17) is 0 Å². The van der Waals surface area contributed by atoms with E-state index in [1.807, 2.05) is 4.57 Å². The maximum atomic E-state index is 12.5. The summed E-state index contributed by atoms with van der Waals surface area (Å²) in [5.74, 6) is -0.126. The summed E-state index contributed by atoms with van der Waals surface area (Å²) >= 11 is 0. The fourth-order valence-corrected chi connectivity index (χ4v) is 1.29. The normalized spacial score (nSPS) is 16.9. The summed E-state index contributed by atoms with van der Waals surface area (Å²) in [7, 11) is 0. The fraction of sp³-hybridized carbons (Fsp3) is 0.429. The summed E-state index contributed by atoms with van der Waals surface area (Å²) in [5, 5.41) is 3.15. The first-order valence-corrected chi connectivity index (χ1v) is 3.41. The quantitative estimate of drug-likeness (QED) is 0.562. The van der Waals surface area contributed by atoms with E-state index in [2.05, 4.69) is 5.32 Å². The van der Waals surface area contributed by atoms with Crippen LogP contribution in [0.15, 0.2) is 12.3 Å². The first-order chi connectivity index (χ1) is 4.86. The molecule has 0 aliphatic carbocycles. The molecule has 0 bridgehead atoms. The van der Waals surface area contributed by atoms with Crippen LogP contribution in [0.2, 0.25) is 0 Å². The van der Waals surface area contributed by atoms with Crippen LogP contribution < -0.4 is 5.32 Å². The Balaban J connectivity index is 2.41. The molecule has 1 N–H and O–H groups in total. The van der Waals surface area contributed by atoms with Gasteiger partial charge in [-0.1, -0.05) is 0 Å². The van der Waals surface area contributed by atoms with Crippen molar-refractivity contribution in [1.29, 1.82) is 0 Å². The van der Waals surface area contributed by atoms with Crippen molar-refractivity contribution >= 4 is 0 Å². The molecule has 10 heavy (non-hydrogen) atoms. The Kier molecular flexibility index (Phi) is 1.24. The predicted octanol–water partition coefficient (Wildman–Crippen LogP) is 0.730. The summed E-state index contributed by atoms with van der Waals surface area (Å²) in [6.45, 7) is 1.71. The van der Waals surface area contributed by atoms with Crippen molar-refractivity contribution in [2.45, 2.75) is 13.1 Å². The van der Waals surface area contributed by atoms with E-state index < -0.39 is 0 Å². The van der Waals surface area contributed by atoms with Crippen molar-refractivity contribution in [1.82, 2.24) is 9.88 Å². The molecule has 54 valence electrons. The zero-order chi connectivity index (χ0) is 6.97. The number of hydrogen-bond acceptors (Lipinski definition) is 1. The number of hydrogen-bond donors (Lipinski definition) is 1. The van der Waals surface area contributed by atoms with Crippen LogP contribution in [0.1, 0.15) is 5.69 Å². The molecule has 1 aliphatic rings. The molecule has 0 unspecified atom stereocenters. The van der Waals surface area contributed by atoms with Crippen molar-refractivity contribution in [2.75, 3.05) is 6.54 Å². The van der Waals surface area contributed by atoms with Gasteiger partial charge in [0.2, 0.25) is 0 Å². The zero-order valence-corrected chi connectivity index (χ0v) is 5.60. The fourth-order valence-electron chi connectivity index (χ4n) is 1.29. The van der Waals surface area contributed by atoms with Crippen LogP contribution in [0.5, 0.6) is 0 Å². The molecule has 1 aromatic rings. The molecule has 0 saturated carbocycles. The molecular formula is C7H9FN2. The van der Waals surface area contributed by atoms with E-state index >= 15 is 0 Å². The summed E-state index contributed by atoms with van der Waals surface area (Å²) in [4.78, 5) is 0. The monoisotopic (exact) mass is 140 g/mol. The first kappa shape index (κ1) is 5.92. The van der Waals surface area contributed by atoms with Crippen LogP contribution in [-0.2, 0) is 13.1 Å². The predicted molar refractivity (Wildman–Crippen MR) is 36.1 cm³/mol. The lowest BCUT2D eigenvalue weighted by Crippen LogP contribution is -2.27. The highest BCUT2D eigenvalue weighted by Gasteiger charge is 2.08. The van der Waals surface area contributed by atoms with Crippen LogP contribution in [0, 0.1) is 5.82 Å². The largest absolute Gasteiger partial charge is 0.335 e. The Morgan fingerprint density at radius 2 is 2.50 bits per heavy atom. The number of nitrogens with one attached hydrogen (secondary N) is 1. The number of rotatable bonds is 0. The van der Waals surface area contributed by atoms with Gasteiger partial charge >= 0.3 is 0 Å². The molecule has 2 nitrogen and oxygen atoms in total. The lowest BCUT2D eigenvalue weighted by atomic mass is 10.3. The zero-order valence-electron chi connectivity index (χ0n) is 5.60. The lowest BCUT2D eigenvalue weighted by Gasteiger charge is -2.15. The summed E-state index contributed by atoms with van der Waals surface area (Å²) in [6.07, 6.45) is 2.46. The Hall–Kier alpha value is -0.830. The highest BCUT2D eigenvalue weighted by molar-refractivity contribution is 5.10. The minimum absolute atomic E-state index is 0.126. The van der Waals surface area contributed by atoms with Crippen molar-refractivity contribution < 1.29 is 4.39 Å². The van der Waals surface area contributed by atoms with Gasteiger partial charge in [0.25, 0.3) is 0 Å². The van der Waals surface area contributed by atoms with Gasteiger partial charge in [-0.2, -0.15) is 0 Å². The van der Waals surface area contributed by atoms with Gasteiger partial charge in [-0.25, -0.2) is 4.39 Å². The summed E-state index contributed by atoms with van der Waals surface area (Å²) < 4.78 is 14.4. The number of fused-ring (bicyclic) bond motifs is 1. The lowest BCUT2D eigenvalue weighted by molar-refractivity contribution is 0.493. The molecular weight excluding hydrogens is 131 g/mol. The third kappa shape index (κ3) is 0.827. The van der Waals surface area contributed by atoms with Gasteiger partial charge in [0.1, 0.15) is 5.82 Å². The molecule has 0 spiro atoms. The van der Waals surface area contributed by atoms with Crippen molar-refractivity contribution in [3.8, 4) is 0 Å². The van der Waals surface area contributed by atoms with E-state index in [0.29, 0.717) is 0 Å². The third-order valence-electron chi connectivity index (χ3n) is 1.79. The van der Waals surface area contributed by atoms with Crippen molar-refractivity contribution in [3.05, 3.63) is 23.8 Å². The second-order valence-corrected chi connectivity index (χ2v) is 2.53. The maximum Gasteiger partial charge on any atom is 0.141 e. The van der Waals surface area contributed by atoms with E-state index in [0.717, 1.165) is 25.3 Å².